The molecule has 2 aromatic rings. The molecule has 1 amide bonds. The molecule has 2 aliphatic rings. The number of furan rings is 1. The van der Waals surface area contributed by atoms with E-state index < -0.39 is 0 Å². The Morgan fingerprint density at radius 2 is 2.08 bits per heavy atom. The third-order valence-electron chi connectivity index (χ3n) is 5.43. The minimum Gasteiger partial charge on any atom is -0.493 e. The summed E-state index contributed by atoms with van der Waals surface area (Å²) in [5.74, 6) is 1.15. The highest BCUT2D eigenvalue weighted by atomic mass is 16.5. The van der Waals surface area contributed by atoms with Crippen LogP contribution in [0.15, 0.2) is 22.6 Å². The van der Waals surface area contributed by atoms with Crippen molar-refractivity contribution in [2.45, 2.75) is 32.2 Å². The molecule has 1 aromatic heterocycles. The van der Waals surface area contributed by atoms with E-state index in [2.05, 4.69) is 4.90 Å². The number of hydrogen-bond acceptors (Lipinski definition) is 4. The van der Waals surface area contributed by atoms with Gasteiger partial charge in [-0.15, -0.1) is 0 Å². The first kappa shape index (κ1) is 15.5. The lowest BCUT2D eigenvalue weighted by molar-refractivity contribution is 0.0713. The number of amides is 1. The van der Waals surface area contributed by atoms with Gasteiger partial charge in [-0.3, -0.25) is 9.69 Å². The molecule has 2 fully saturated rings. The molecule has 24 heavy (non-hydrogen) atoms. The molecule has 2 saturated heterocycles. The van der Waals surface area contributed by atoms with Gasteiger partial charge >= 0.3 is 0 Å². The van der Waals surface area contributed by atoms with Crippen molar-refractivity contribution in [3.05, 3.63) is 29.5 Å². The Labute approximate surface area is 142 Å². The van der Waals surface area contributed by atoms with E-state index in [0.29, 0.717) is 23.1 Å². The molecule has 0 bridgehead atoms. The molecule has 0 spiro atoms. The Morgan fingerprint density at radius 1 is 1.25 bits per heavy atom. The maximum absolute atomic E-state index is 13.1. The van der Waals surface area contributed by atoms with Crippen LogP contribution in [0, 0.1) is 6.92 Å². The van der Waals surface area contributed by atoms with Gasteiger partial charge in [0.15, 0.2) is 17.1 Å². The molecule has 1 unspecified atom stereocenters. The van der Waals surface area contributed by atoms with Crippen molar-refractivity contribution in [1.29, 1.82) is 0 Å². The van der Waals surface area contributed by atoms with Gasteiger partial charge in [-0.2, -0.15) is 0 Å². The number of nitrogens with zero attached hydrogens (tertiary/aromatic N) is 2. The van der Waals surface area contributed by atoms with E-state index >= 15 is 0 Å². The Balaban J connectivity index is 1.66. The van der Waals surface area contributed by atoms with Gasteiger partial charge in [-0.1, -0.05) is 12.1 Å². The summed E-state index contributed by atoms with van der Waals surface area (Å²) < 4.78 is 11.3. The minimum absolute atomic E-state index is 0.0134. The summed E-state index contributed by atoms with van der Waals surface area (Å²) >= 11 is 0. The average Bonchev–Trinajstić information content (AvgIpc) is 3.12. The van der Waals surface area contributed by atoms with Crippen molar-refractivity contribution < 1.29 is 13.9 Å². The summed E-state index contributed by atoms with van der Waals surface area (Å²) in [5, 5.41) is 0.954. The summed E-state index contributed by atoms with van der Waals surface area (Å²) in [6, 6.07) is 6.28. The standard InChI is InChI=1S/C19H24N2O3/c1-13-15-7-3-8-16(23-2)18(15)24-17(13)19(22)21-11-5-10-20-9-4-6-14(20)12-21/h3,7-8,14H,4-6,9-12H2,1-2H3. The van der Waals surface area contributed by atoms with Gasteiger partial charge in [-0.25, -0.2) is 0 Å². The van der Waals surface area contributed by atoms with Crippen LogP contribution in [0.4, 0.5) is 0 Å². The number of aryl methyl sites for hydroxylation is 1. The summed E-state index contributed by atoms with van der Waals surface area (Å²) in [6.07, 6.45) is 3.47. The van der Waals surface area contributed by atoms with Crippen molar-refractivity contribution in [1.82, 2.24) is 9.80 Å². The Bertz CT molecular complexity index is 767. The quantitative estimate of drug-likeness (QED) is 0.850. The van der Waals surface area contributed by atoms with Crippen LogP contribution in [-0.4, -0.2) is 55.0 Å². The summed E-state index contributed by atoms with van der Waals surface area (Å²) in [4.78, 5) is 17.6. The first-order valence-corrected chi connectivity index (χ1v) is 8.78. The summed E-state index contributed by atoms with van der Waals surface area (Å²) in [5.41, 5.74) is 1.57. The second-order valence-electron chi connectivity index (χ2n) is 6.83. The molecule has 5 heteroatoms. The van der Waals surface area contributed by atoms with E-state index in [1.807, 2.05) is 30.0 Å². The molecule has 5 nitrogen and oxygen atoms in total. The molecule has 1 atom stereocenters. The predicted molar refractivity (Wildman–Crippen MR) is 92.6 cm³/mol. The van der Waals surface area contributed by atoms with E-state index in [1.165, 1.54) is 19.4 Å². The highest BCUT2D eigenvalue weighted by Gasteiger charge is 2.32. The van der Waals surface area contributed by atoms with Gasteiger partial charge in [0, 0.05) is 36.6 Å². The number of hydrogen-bond donors (Lipinski definition) is 0. The first-order chi connectivity index (χ1) is 11.7. The zero-order chi connectivity index (χ0) is 16.7. The number of methoxy groups -OCH3 is 1. The van der Waals surface area contributed by atoms with Crippen molar-refractivity contribution in [3.63, 3.8) is 0 Å². The van der Waals surface area contributed by atoms with E-state index in [9.17, 15) is 4.79 Å². The van der Waals surface area contributed by atoms with E-state index in [-0.39, 0.29) is 5.91 Å². The number of benzene rings is 1. The van der Waals surface area contributed by atoms with Gasteiger partial charge in [0.1, 0.15) is 0 Å². The van der Waals surface area contributed by atoms with E-state index in [1.54, 1.807) is 7.11 Å². The lowest BCUT2D eigenvalue weighted by Crippen LogP contribution is -2.39. The fourth-order valence-electron chi connectivity index (χ4n) is 4.12. The van der Waals surface area contributed by atoms with Crippen molar-refractivity contribution in [2.75, 3.05) is 33.3 Å². The number of para-hydroxylation sites is 1. The molecule has 0 saturated carbocycles. The highest BCUT2D eigenvalue weighted by molar-refractivity contribution is 6.00. The largest absolute Gasteiger partial charge is 0.493 e. The SMILES string of the molecule is COc1cccc2c(C)c(C(=O)N3CCCN4CCCC4C3)oc12. The molecule has 1 aromatic carbocycles. The fraction of sp³-hybridized carbons (Fsp3) is 0.526. The second kappa shape index (κ2) is 6.13. The number of rotatable bonds is 2. The lowest BCUT2D eigenvalue weighted by Gasteiger charge is -2.25. The third-order valence-corrected chi connectivity index (χ3v) is 5.43. The van der Waals surface area contributed by atoms with Crippen LogP contribution in [0.3, 0.4) is 0 Å². The minimum atomic E-state index is 0.0134. The second-order valence-corrected chi connectivity index (χ2v) is 6.83. The normalized spacial score (nSPS) is 21.8. The zero-order valence-electron chi connectivity index (χ0n) is 14.4. The highest BCUT2D eigenvalue weighted by Crippen LogP contribution is 2.33. The lowest BCUT2D eigenvalue weighted by atomic mass is 10.1. The van der Waals surface area contributed by atoms with Crippen LogP contribution < -0.4 is 4.74 Å². The maximum Gasteiger partial charge on any atom is 0.289 e. The van der Waals surface area contributed by atoms with Gasteiger partial charge in [0.05, 0.1) is 7.11 Å². The zero-order valence-corrected chi connectivity index (χ0v) is 14.4. The van der Waals surface area contributed by atoms with Crippen LogP contribution in [0.2, 0.25) is 0 Å². The fourth-order valence-corrected chi connectivity index (χ4v) is 4.12. The Morgan fingerprint density at radius 3 is 2.92 bits per heavy atom. The Hall–Kier alpha value is -2.01. The van der Waals surface area contributed by atoms with Crippen LogP contribution in [0.1, 0.15) is 35.4 Å². The first-order valence-electron chi connectivity index (χ1n) is 8.78. The van der Waals surface area contributed by atoms with Crippen molar-refractivity contribution in [3.8, 4) is 5.75 Å². The van der Waals surface area contributed by atoms with Crippen LogP contribution in [0.25, 0.3) is 11.0 Å². The predicted octanol–water partition coefficient (Wildman–Crippen LogP) is 3.06. The Kier molecular flexibility index (Phi) is 3.96. The summed E-state index contributed by atoms with van der Waals surface area (Å²) in [7, 11) is 1.62. The number of carbonyl (C=O) groups excluding carboxylic acids is 1. The van der Waals surface area contributed by atoms with Gasteiger partial charge in [0.2, 0.25) is 0 Å². The molecule has 3 heterocycles. The number of ether oxygens (including phenoxy) is 1. The van der Waals surface area contributed by atoms with Gasteiger partial charge < -0.3 is 14.1 Å². The van der Waals surface area contributed by atoms with Gasteiger partial charge in [-0.05, 0) is 38.8 Å². The van der Waals surface area contributed by atoms with E-state index in [0.717, 1.165) is 37.0 Å². The molecule has 0 aliphatic carbocycles. The molecule has 128 valence electrons. The molecular formula is C19H24N2O3. The maximum atomic E-state index is 13.1. The van der Waals surface area contributed by atoms with Gasteiger partial charge in [0.25, 0.3) is 5.91 Å². The third kappa shape index (κ3) is 2.47. The molecule has 4 rings (SSSR count). The van der Waals surface area contributed by atoms with Crippen LogP contribution in [-0.2, 0) is 0 Å². The van der Waals surface area contributed by atoms with Crippen molar-refractivity contribution >= 4 is 16.9 Å². The van der Waals surface area contributed by atoms with Crippen molar-refractivity contribution in [2.24, 2.45) is 0 Å². The topological polar surface area (TPSA) is 45.9 Å². The monoisotopic (exact) mass is 328 g/mol. The molecule has 2 aliphatic heterocycles. The number of fused-ring (bicyclic) bond motifs is 2. The summed E-state index contributed by atoms with van der Waals surface area (Å²) in [6.45, 7) is 5.85. The van der Waals surface area contributed by atoms with Crippen LogP contribution in [0.5, 0.6) is 5.75 Å². The molecular weight excluding hydrogens is 304 g/mol. The average molecular weight is 328 g/mol. The smallest absolute Gasteiger partial charge is 0.289 e. The number of carbonyl (C=O) groups is 1. The van der Waals surface area contributed by atoms with Crippen LogP contribution >= 0.6 is 0 Å². The molecule has 0 radical (unpaired) electrons. The van der Waals surface area contributed by atoms with E-state index in [4.69, 9.17) is 9.15 Å². The molecule has 0 N–H and O–H groups in total.